The van der Waals surface area contributed by atoms with E-state index in [-0.39, 0.29) is 11.5 Å². The topological polar surface area (TPSA) is 106 Å². The molecule has 32 heavy (non-hydrogen) atoms. The van der Waals surface area contributed by atoms with E-state index in [0.29, 0.717) is 34.8 Å². The number of hydrogen-bond donors (Lipinski definition) is 2. The van der Waals surface area contributed by atoms with Crippen LogP contribution in [-0.2, 0) is 0 Å². The van der Waals surface area contributed by atoms with E-state index in [1.807, 2.05) is 6.92 Å². The molecule has 3 rings (SSSR count). The van der Waals surface area contributed by atoms with Crippen molar-refractivity contribution in [3.63, 3.8) is 0 Å². The normalized spacial score (nSPS) is 10.6. The number of phenolic OH excluding ortho intramolecular Hbond substituents is 1. The van der Waals surface area contributed by atoms with Gasteiger partial charge < -0.3 is 19.3 Å². The molecule has 0 aliphatic carbocycles. The molecule has 1 amide bonds. The van der Waals surface area contributed by atoms with Gasteiger partial charge in [0.15, 0.2) is 11.5 Å². The molecule has 0 heterocycles. The summed E-state index contributed by atoms with van der Waals surface area (Å²) in [5.41, 5.74) is 3.75. The zero-order valence-corrected chi connectivity index (χ0v) is 17.6. The van der Waals surface area contributed by atoms with E-state index in [1.165, 1.54) is 37.6 Å². The Labute approximate surface area is 185 Å². The summed E-state index contributed by atoms with van der Waals surface area (Å²) in [5, 5.41) is 13.2. The average molecular weight is 434 g/mol. The van der Waals surface area contributed by atoms with Crippen molar-refractivity contribution in [2.45, 2.75) is 6.92 Å². The number of methoxy groups -OCH3 is 1. The van der Waals surface area contributed by atoms with Gasteiger partial charge in [-0.1, -0.05) is 0 Å². The van der Waals surface area contributed by atoms with Crippen LogP contribution in [0.5, 0.6) is 23.0 Å². The fourth-order valence-corrected chi connectivity index (χ4v) is 2.70. The second kappa shape index (κ2) is 10.6. The van der Waals surface area contributed by atoms with E-state index >= 15 is 0 Å². The fourth-order valence-electron chi connectivity index (χ4n) is 2.70. The Morgan fingerprint density at radius 1 is 0.969 bits per heavy atom. The van der Waals surface area contributed by atoms with Crippen molar-refractivity contribution in [1.29, 1.82) is 0 Å². The van der Waals surface area contributed by atoms with Crippen LogP contribution in [0.25, 0.3) is 0 Å². The number of nitrogens with one attached hydrogen (secondary N) is 1. The maximum atomic E-state index is 12.4. The molecule has 8 nitrogen and oxygen atoms in total. The summed E-state index contributed by atoms with van der Waals surface area (Å²) in [4.78, 5) is 24.5. The van der Waals surface area contributed by atoms with Gasteiger partial charge in [0, 0.05) is 5.56 Å². The first-order valence-electron chi connectivity index (χ1n) is 9.75. The van der Waals surface area contributed by atoms with E-state index in [9.17, 15) is 14.7 Å². The quantitative estimate of drug-likeness (QED) is 0.242. The lowest BCUT2D eigenvalue weighted by Gasteiger charge is -2.10. The number of nitrogens with zero attached hydrogens (tertiary/aromatic N) is 1. The summed E-state index contributed by atoms with van der Waals surface area (Å²) in [6.07, 6.45) is 1.43. The molecule has 0 saturated carbocycles. The van der Waals surface area contributed by atoms with Crippen LogP contribution in [0, 0.1) is 0 Å². The number of carbonyl (C=O) groups excluding carboxylic acids is 2. The minimum Gasteiger partial charge on any atom is -0.508 e. The SMILES string of the molecule is CCOc1ccc(C(=O)Oc2ccc(/C=N/NC(=O)c3ccc(O)cc3)cc2OC)cc1. The Bertz CT molecular complexity index is 1110. The van der Waals surface area contributed by atoms with Gasteiger partial charge in [-0.3, -0.25) is 4.79 Å². The number of hydrazone groups is 1. The molecule has 8 heteroatoms. The van der Waals surface area contributed by atoms with Gasteiger partial charge >= 0.3 is 5.97 Å². The summed E-state index contributed by atoms with van der Waals surface area (Å²) in [6, 6.07) is 17.3. The summed E-state index contributed by atoms with van der Waals surface area (Å²) >= 11 is 0. The number of benzene rings is 3. The molecular formula is C24H22N2O6. The van der Waals surface area contributed by atoms with Crippen LogP contribution in [0.3, 0.4) is 0 Å². The Kier molecular flexibility index (Phi) is 7.42. The third-order valence-corrected chi connectivity index (χ3v) is 4.30. The molecule has 0 atom stereocenters. The number of ether oxygens (including phenoxy) is 3. The first kappa shape index (κ1) is 22.4. The van der Waals surface area contributed by atoms with Gasteiger partial charge in [-0.25, -0.2) is 10.2 Å². The number of hydrogen-bond acceptors (Lipinski definition) is 7. The molecule has 0 saturated heterocycles. The molecule has 3 aromatic rings. The Morgan fingerprint density at radius 3 is 2.31 bits per heavy atom. The second-order valence-corrected chi connectivity index (χ2v) is 6.50. The lowest BCUT2D eigenvalue weighted by molar-refractivity contribution is 0.0729. The zero-order valence-electron chi connectivity index (χ0n) is 17.6. The fraction of sp³-hybridized carbons (Fsp3) is 0.125. The molecule has 0 fully saturated rings. The lowest BCUT2D eigenvalue weighted by Crippen LogP contribution is -2.17. The molecule has 0 unspecified atom stereocenters. The van der Waals surface area contributed by atoms with E-state index < -0.39 is 11.9 Å². The predicted molar refractivity (Wildman–Crippen MR) is 119 cm³/mol. The Morgan fingerprint density at radius 2 is 1.66 bits per heavy atom. The van der Waals surface area contributed by atoms with Crippen molar-refractivity contribution < 1.29 is 28.9 Å². The van der Waals surface area contributed by atoms with Gasteiger partial charge in [0.1, 0.15) is 11.5 Å². The van der Waals surface area contributed by atoms with E-state index in [0.717, 1.165) is 0 Å². The van der Waals surface area contributed by atoms with Crippen molar-refractivity contribution in [1.82, 2.24) is 5.43 Å². The highest BCUT2D eigenvalue weighted by Gasteiger charge is 2.13. The Hall–Kier alpha value is -4.33. The van der Waals surface area contributed by atoms with Crippen molar-refractivity contribution in [2.24, 2.45) is 5.10 Å². The minimum atomic E-state index is -0.533. The molecule has 2 N–H and O–H groups in total. The number of aromatic hydroxyl groups is 1. The number of rotatable bonds is 8. The highest BCUT2D eigenvalue weighted by atomic mass is 16.6. The third kappa shape index (κ3) is 5.85. The maximum Gasteiger partial charge on any atom is 0.343 e. The van der Waals surface area contributed by atoms with Gasteiger partial charge in [0.2, 0.25) is 0 Å². The van der Waals surface area contributed by atoms with Gasteiger partial charge in [-0.05, 0) is 79.2 Å². The smallest absolute Gasteiger partial charge is 0.343 e. The molecule has 164 valence electrons. The first-order chi connectivity index (χ1) is 15.5. The molecule has 0 aromatic heterocycles. The third-order valence-electron chi connectivity index (χ3n) is 4.30. The van der Waals surface area contributed by atoms with Gasteiger partial charge in [-0.15, -0.1) is 0 Å². The van der Waals surface area contributed by atoms with Crippen molar-refractivity contribution in [2.75, 3.05) is 13.7 Å². The van der Waals surface area contributed by atoms with Crippen LogP contribution < -0.4 is 19.6 Å². The van der Waals surface area contributed by atoms with E-state index in [1.54, 1.807) is 42.5 Å². The lowest BCUT2D eigenvalue weighted by atomic mass is 10.2. The molecule has 0 bridgehead atoms. The van der Waals surface area contributed by atoms with Crippen molar-refractivity contribution in [3.8, 4) is 23.0 Å². The second-order valence-electron chi connectivity index (χ2n) is 6.50. The number of carbonyl (C=O) groups is 2. The van der Waals surface area contributed by atoms with Crippen LogP contribution in [0.4, 0.5) is 0 Å². The van der Waals surface area contributed by atoms with Crippen LogP contribution in [-0.4, -0.2) is 36.9 Å². The van der Waals surface area contributed by atoms with Gasteiger partial charge in [0.25, 0.3) is 5.91 Å². The first-order valence-corrected chi connectivity index (χ1v) is 9.75. The standard InChI is InChI=1S/C24H22N2O6/c1-3-31-20-11-7-18(8-12-20)24(29)32-21-13-4-16(14-22(21)30-2)15-25-26-23(28)17-5-9-19(27)10-6-17/h4-15,27H,3H2,1-2H3,(H,26,28)/b25-15+. The minimum absolute atomic E-state index is 0.0699. The average Bonchev–Trinajstić information content (AvgIpc) is 2.81. The summed E-state index contributed by atoms with van der Waals surface area (Å²) in [5.74, 6) is 0.362. The molecule has 3 aromatic carbocycles. The van der Waals surface area contributed by atoms with Gasteiger partial charge in [-0.2, -0.15) is 5.10 Å². The number of amides is 1. The molecule has 0 radical (unpaired) electrons. The van der Waals surface area contributed by atoms with Gasteiger partial charge in [0.05, 0.1) is 25.5 Å². The highest BCUT2D eigenvalue weighted by Crippen LogP contribution is 2.28. The molecule has 0 aliphatic rings. The summed E-state index contributed by atoms with van der Waals surface area (Å²) in [6.45, 7) is 2.42. The zero-order chi connectivity index (χ0) is 22.9. The molecule has 0 aliphatic heterocycles. The van der Waals surface area contributed by atoms with Crippen LogP contribution in [0.2, 0.25) is 0 Å². The molecule has 0 spiro atoms. The van der Waals surface area contributed by atoms with Crippen LogP contribution in [0.1, 0.15) is 33.2 Å². The summed E-state index contributed by atoms with van der Waals surface area (Å²) in [7, 11) is 1.46. The molecular weight excluding hydrogens is 412 g/mol. The van der Waals surface area contributed by atoms with E-state index in [2.05, 4.69) is 10.5 Å². The maximum absolute atomic E-state index is 12.4. The van der Waals surface area contributed by atoms with E-state index in [4.69, 9.17) is 14.2 Å². The number of esters is 1. The summed E-state index contributed by atoms with van der Waals surface area (Å²) < 4.78 is 16.1. The predicted octanol–water partition coefficient (Wildman–Crippen LogP) is 3.78. The van der Waals surface area contributed by atoms with Crippen LogP contribution >= 0.6 is 0 Å². The van der Waals surface area contributed by atoms with Crippen molar-refractivity contribution in [3.05, 3.63) is 83.4 Å². The van der Waals surface area contributed by atoms with Crippen LogP contribution in [0.15, 0.2) is 71.8 Å². The largest absolute Gasteiger partial charge is 0.508 e. The highest BCUT2D eigenvalue weighted by molar-refractivity contribution is 5.95. The monoisotopic (exact) mass is 434 g/mol. The Balaban J connectivity index is 1.64. The van der Waals surface area contributed by atoms with Crippen molar-refractivity contribution >= 4 is 18.1 Å². The number of phenols is 1.